The van der Waals surface area contributed by atoms with Crippen molar-refractivity contribution in [3.05, 3.63) is 0 Å². The van der Waals surface area contributed by atoms with Crippen LogP contribution >= 0.6 is 0 Å². The molecule has 0 bridgehead atoms. The summed E-state index contributed by atoms with van der Waals surface area (Å²) in [6.07, 6.45) is 3.03. The first-order valence-corrected chi connectivity index (χ1v) is 6.50. The molecule has 0 saturated carbocycles. The molecule has 1 N–H and O–H groups in total. The molecular formula is C13H25N3. The highest BCUT2D eigenvalue weighted by molar-refractivity contribution is 5.09. The first kappa shape index (κ1) is 13.5. The summed E-state index contributed by atoms with van der Waals surface area (Å²) in [5, 5.41) is 12.7. The van der Waals surface area contributed by atoms with Gasteiger partial charge in [0.2, 0.25) is 0 Å². The molecule has 0 amide bonds. The zero-order valence-corrected chi connectivity index (χ0v) is 10.9. The lowest BCUT2D eigenvalue weighted by molar-refractivity contribution is 0.153. The van der Waals surface area contributed by atoms with Gasteiger partial charge < -0.3 is 4.90 Å². The minimum atomic E-state index is -0.247. The van der Waals surface area contributed by atoms with Crippen LogP contribution in [0.5, 0.6) is 0 Å². The quantitative estimate of drug-likeness (QED) is 0.775. The summed E-state index contributed by atoms with van der Waals surface area (Å²) in [6, 6.07) is 2.49. The summed E-state index contributed by atoms with van der Waals surface area (Å²) in [5.41, 5.74) is -0.247. The van der Waals surface area contributed by atoms with E-state index in [4.69, 9.17) is 0 Å². The Morgan fingerprint density at radius 1 is 1.38 bits per heavy atom. The van der Waals surface area contributed by atoms with Crippen LogP contribution in [0.4, 0.5) is 0 Å². The normalized spacial score (nSPS) is 20.9. The summed E-state index contributed by atoms with van der Waals surface area (Å²) in [4.78, 5) is 2.48. The van der Waals surface area contributed by atoms with Crippen molar-refractivity contribution in [2.24, 2.45) is 5.92 Å². The average molecular weight is 223 g/mol. The maximum Gasteiger partial charge on any atom is 0.109 e. The second-order valence-electron chi connectivity index (χ2n) is 5.32. The molecular weight excluding hydrogens is 198 g/mol. The fraction of sp³-hybridized carbons (Fsp3) is 0.923. The predicted molar refractivity (Wildman–Crippen MR) is 67.1 cm³/mol. The second kappa shape index (κ2) is 6.22. The highest BCUT2D eigenvalue weighted by Crippen LogP contribution is 2.22. The number of rotatable bonds is 5. The molecule has 3 heteroatoms. The van der Waals surface area contributed by atoms with Crippen LogP contribution < -0.4 is 5.32 Å². The van der Waals surface area contributed by atoms with Crippen LogP contribution in [0, 0.1) is 17.2 Å². The van der Waals surface area contributed by atoms with Gasteiger partial charge in [0, 0.05) is 19.6 Å². The van der Waals surface area contributed by atoms with Gasteiger partial charge in [-0.3, -0.25) is 5.32 Å². The van der Waals surface area contributed by atoms with Gasteiger partial charge in [0.25, 0.3) is 0 Å². The van der Waals surface area contributed by atoms with Crippen molar-refractivity contribution in [2.45, 2.75) is 45.6 Å². The molecule has 0 aromatic heterocycles. The molecule has 1 rings (SSSR count). The summed E-state index contributed by atoms with van der Waals surface area (Å²) in [6.45, 7) is 10.9. The maximum atomic E-state index is 9.31. The van der Waals surface area contributed by atoms with Crippen LogP contribution in [0.15, 0.2) is 0 Å². The molecule has 0 spiro atoms. The van der Waals surface area contributed by atoms with E-state index >= 15 is 0 Å². The first-order valence-electron chi connectivity index (χ1n) is 6.50. The largest absolute Gasteiger partial charge is 0.303 e. The smallest absolute Gasteiger partial charge is 0.109 e. The van der Waals surface area contributed by atoms with E-state index in [0.29, 0.717) is 0 Å². The first-order chi connectivity index (χ1) is 7.62. The number of hydrogen-bond acceptors (Lipinski definition) is 3. The summed E-state index contributed by atoms with van der Waals surface area (Å²) in [7, 11) is 0. The molecule has 1 aliphatic rings. The maximum absolute atomic E-state index is 9.31. The fourth-order valence-electron chi connectivity index (χ4n) is 2.33. The summed E-state index contributed by atoms with van der Waals surface area (Å²) in [5.74, 6) is 0.721. The Hall–Kier alpha value is -0.590. The van der Waals surface area contributed by atoms with E-state index in [9.17, 15) is 5.26 Å². The highest BCUT2D eigenvalue weighted by atomic mass is 15.2. The lowest BCUT2D eigenvalue weighted by Crippen LogP contribution is -2.53. The van der Waals surface area contributed by atoms with E-state index < -0.39 is 0 Å². The Labute approximate surface area is 99.8 Å². The number of nitrogens with one attached hydrogen (secondary N) is 1. The standard InChI is InChI=1S/C13H25N3/c1-4-7-15-13(11-14)5-8-16(9-6-13)10-12(2)3/h12,15H,4-10H2,1-3H3. The van der Waals surface area contributed by atoms with Gasteiger partial charge in [-0.05, 0) is 31.7 Å². The number of hydrogen-bond donors (Lipinski definition) is 1. The third kappa shape index (κ3) is 3.77. The van der Waals surface area contributed by atoms with Crippen LogP contribution in [-0.4, -0.2) is 36.6 Å². The van der Waals surface area contributed by atoms with E-state index in [0.717, 1.165) is 51.4 Å². The molecule has 16 heavy (non-hydrogen) atoms. The Morgan fingerprint density at radius 2 is 2.00 bits per heavy atom. The predicted octanol–water partition coefficient (Wildman–Crippen LogP) is 2.00. The molecule has 1 saturated heterocycles. The zero-order chi connectivity index (χ0) is 12.0. The Morgan fingerprint density at radius 3 is 2.44 bits per heavy atom. The van der Waals surface area contributed by atoms with Gasteiger partial charge in [-0.15, -0.1) is 0 Å². The lowest BCUT2D eigenvalue weighted by Gasteiger charge is -2.38. The van der Waals surface area contributed by atoms with Crippen molar-refractivity contribution in [3.8, 4) is 6.07 Å². The third-order valence-corrected chi connectivity index (χ3v) is 3.26. The number of nitriles is 1. The molecule has 92 valence electrons. The molecule has 0 unspecified atom stereocenters. The van der Waals surface area contributed by atoms with Crippen molar-refractivity contribution >= 4 is 0 Å². The van der Waals surface area contributed by atoms with Gasteiger partial charge in [-0.2, -0.15) is 5.26 Å². The van der Waals surface area contributed by atoms with Crippen molar-refractivity contribution < 1.29 is 0 Å². The second-order valence-corrected chi connectivity index (χ2v) is 5.32. The molecule has 0 aromatic rings. The molecule has 3 nitrogen and oxygen atoms in total. The molecule has 1 heterocycles. The van der Waals surface area contributed by atoms with Gasteiger partial charge >= 0.3 is 0 Å². The minimum Gasteiger partial charge on any atom is -0.303 e. The average Bonchev–Trinajstić information content (AvgIpc) is 2.28. The fourth-order valence-corrected chi connectivity index (χ4v) is 2.33. The molecule has 0 radical (unpaired) electrons. The third-order valence-electron chi connectivity index (χ3n) is 3.26. The van der Waals surface area contributed by atoms with E-state index in [1.165, 1.54) is 0 Å². The van der Waals surface area contributed by atoms with Crippen LogP contribution in [0.25, 0.3) is 0 Å². The minimum absolute atomic E-state index is 0.247. The molecule has 0 aliphatic carbocycles. The highest BCUT2D eigenvalue weighted by Gasteiger charge is 2.33. The lowest BCUT2D eigenvalue weighted by atomic mass is 9.88. The van der Waals surface area contributed by atoms with Crippen LogP contribution in [-0.2, 0) is 0 Å². The van der Waals surface area contributed by atoms with Gasteiger partial charge in [-0.1, -0.05) is 20.8 Å². The number of nitrogens with zero attached hydrogens (tertiary/aromatic N) is 2. The van der Waals surface area contributed by atoms with Crippen molar-refractivity contribution in [1.82, 2.24) is 10.2 Å². The van der Waals surface area contributed by atoms with Crippen LogP contribution in [0.3, 0.4) is 0 Å². The SMILES string of the molecule is CCCNC1(C#N)CCN(CC(C)C)CC1. The summed E-state index contributed by atoms with van der Waals surface area (Å²) < 4.78 is 0. The van der Waals surface area contributed by atoms with Crippen molar-refractivity contribution in [3.63, 3.8) is 0 Å². The summed E-state index contributed by atoms with van der Waals surface area (Å²) >= 11 is 0. The van der Waals surface area contributed by atoms with E-state index in [1.807, 2.05) is 0 Å². The Balaban J connectivity index is 2.41. The number of piperidine rings is 1. The monoisotopic (exact) mass is 223 g/mol. The van der Waals surface area contributed by atoms with E-state index in [2.05, 4.69) is 37.1 Å². The molecule has 0 aromatic carbocycles. The zero-order valence-electron chi connectivity index (χ0n) is 10.9. The van der Waals surface area contributed by atoms with E-state index in [1.54, 1.807) is 0 Å². The molecule has 1 fully saturated rings. The topological polar surface area (TPSA) is 39.1 Å². The van der Waals surface area contributed by atoms with Crippen LogP contribution in [0.2, 0.25) is 0 Å². The Bertz CT molecular complexity index is 234. The van der Waals surface area contributed by atoms with Gasteiger partial charge in [0.05, 0.1) is 6.07 Å². The van der Waals surface area contributed by atoms with Crippen molar-refractivity contribution in [2.75, 3.05) is 26.2 Å². The molecule has 0 atom stereocenters. The van der Waals surface area contributed by atoms with Crippen LogP contribution in [0.1, 0.15) is 40.0 Å². The van der Waals surface area contributed by atoms with Gasteiger partial charge in [0.15, 0.2) is 0 Å². The Kier molecular flexibility index (Phi) is 5.24. The number of likely N-dealkylation sites (tertiary alicyclic amines) is 1. The van der Waals surface area contributed by atoms with E-state index in [-0.39, 0.29) is 5.54 Å². The van der Waals surface area contributed by atoms with Crippen molar-refractivity contribution in [1.29, 1.82) is 5.26 Å². The molecule has 1 aliphatic heterocycles. The van der Waals surface area contributed by atoms with Gasteiger partial charge in [-0.25, -0.2) is 0 Å². The van der Waals surface area contributed by atoms with Gasteiger partial charge in [0.1, 0.15) is 5.54 Å².